The van der Waals surface area contributed by atoms with E-state index in [0.717, 1.165) is 38.5 Å². The van der Waals surface area contributed by atoms with Gasteiger partial charge in [-0.3, -0.25) is 9.69 Å². The minimum Gasteiger partial charge on any atom is -0.459 e. The van der Waals surface area contributed by atoms with Crippen molar-refractivity contribution in [2.75, 3.05) is 42.9 Å². The number of aromatic nitrogens is 1. The molecule has 3 aromatic rings. The molecule has 0 aliphatic carbocycles. The second-order valence-electron chi connectivity index (χ2n) is 6.94. The van der Waals surface area contributed by atoms with Crippen LogP contribution in [0.25, 0.3) is 6.08 Å². The van der Waals surface area contributed by atoms with Gasteiger partial charge in [-0.05, 0) is 29.8 Å². The summed E-state index contributed by atoms with van der Waals surface area (Å²) >= 11 is 0. The average molecular weight is 388 g/mol. The quantitative estimate of drug-likeness (QED) is 0.697. The first-order valence-electron chi connectivity index (χ1n) is 9.78. The number of nitrogens with one attached hydrogen (secondary N) is 1. The van der Waals surface area contributed by atoms with Crippen molar-refractivity contribution in [1.29, 1.82) is 0 Å². The Kier molecular flexibility index (Phi) is 6.02. The Morgan fingerprint density at radius 2 is 1.86 bits per heavy atom. The number of carbonyl (C=O) groups is 1. The number of benzene rings is 1. The number of pyridine rings is 1. The Balaban J connectivity index is 1.25. The van der Waals surface area contributed by atoms with Crippen LogP contribution >= 0.6 is 0 Å². The standard InChI is InChI=1S/C23H24N4O2/c28-23(21-9-5-17-29-21)25-20-10-11-22(24-18-20)27-15-13-26(14-16-27)12-4-8-19-6-2-1-3-7-19/h1-11,17-18H,12-16H2,(H,25,28)/b8-4+. The number of nitrogens with zero attached hydrogens (tertiary/aromatic N) is 3. The fourth-order valence-electron chi connectivity index (χ4n) is 3.31. The molecule has 0 saturated carbocycles. The minimum absolute atomic E-state index is 0.276. The van der Waals surface area contributed by atoms with Crippen molar-refractivity contribution in [1.82, 2.24) is 9.88 Å². The van der Waals surface area contributed by atoms with Crippen molar-refractivity contribution in [3.05, 3.63) is 84.5 Å². The van der Waals surface area contributed by atoms with Crippen LogP contribution in [0.1, 0.15) is 16.1 Å². The lowest BCUT2D eigenvalue weighted by molar-refractivity contribution is 0.0996. The van der Waals surface area contributed by atoms with Gasteiger partial charge in [-0.25, -0.2) is 4.98 Å². The van der Waals surface area contributed by atoms with Gasteiger partial charge in [0.05, 0.1) is 18.1 Å². The molecule has 148 valence electrons. The molecule has 0 radical (unpaired) electrons. The highest BCUT2D eigenvalue weighted by molar-refractivity contribution is 6.02. The molecule has 3 heterocycles. The number of hydrogen-bond donors (Lipinski definition) is 1. The van der Waals surface area contributed by atoms with E-state index in [0.29, 0.717) is 5.69 Å². The molecule has 1 aliphatic rings. The Morgan fingerprint density at radius 3 is 2.55 bits per heavy atom. The van der Waals surface area contributed by atoms with Gasteiger partial charge in [0.1, 0.15) is 5.82 Å². The topological polar surface area (TPSA) is 61.6 Å². The molecule has 4 rings (SSSR count). The second kappa shape index (κ2) is 9.21. The molecule has 1 amide bonds. The molecule has 6 heteroatoms. The van der Waals surface area contributed by atoms with Crippen LogP contribution in [-0.4, -0.2) is 48.5 Å². The third-order valence-corrected chi connectivity index (χ3v) is 4.92. The van der Waals surface area contributed by atoms with E-state index in [1.165, 1.54) is 11.8 Å². The van der Waals surface area contributed by atoms with Crippen LogP contribution in [0.3, 0.4) is 0 Å². The monoisotopic (exact) mass is 388 g/mol. The van der Waals surface area contributed by atoms with E-state index < -0.39 is 0 Å². The lowest BCUT2D eigenvalue weighted by Gasteiger charge is -2.34. The van der Waals surface area contributed by atoms with E-state index in [1.807, 2.05) is 18.2 Å². The van der Waals surface area contributed by atoms with Crippen LogP contribution in [0, 0.1) is 0 Å². The Bertz CT molecular complexity index is 929. The molecule has 1 N–H and O–H groups in total. The van der Waals surface area contributed by atoms with Crippen molar-refractivity contribution in [2.24, 2.45) is 0 Å². The predicted octanol–water partition coefficient (Wildman–Crippen LogP) is 3.76. The lowest BCUT2D eigenvalue weighted by atomic mass is 10.2. The maximum absolute atomic E-state index is 12.0. The molecule has 6 nitrogen and oxygen atoms in total. The molecule has 0 bridgehead atoms. The van der Waals surface area contributed by atoms with Crippen LogP contribution in [0.4, 0.5) is 11.5 Å². The third kappa shape index (κ3) is 5.12. The SMILES string of the molecule is O=C(Nc1ccc(N2CCN(C/C=C/c3ccccc3)CC2)nc1)c1ccco1. The molecule has 1 saturated heterocycles. The van der Waals surface area contributed by atoms with Gasteiger partial charge in [-0.15, -0.1) is 0 Å². The number of furan rings is 1. The number of rotatable bonds is 6. The van der Waals surface area contributed by atoms with E-state index >= 15 is 0 Å². The van der Waals surface area contributed by atoms with Gasteiger partial charge in [0.25, 0.3) is 5.91 Å². The lowest BCUT2D eigenvalue weighted by Crippen LogP contribution is -2.46. The molecule has 2 aromatic heterocycles. The zero-order valence-corrected chi connectivity index (χ0v) is 16.2. The summed E-state index contributed by atoms with van der Waals surface area (Å²) in [7, 11) is 0. The summed E-state index contributed by atoms with van der Waals surface area (Å²) in [4.78, 5) is 21.2. The first-order valence-corrected chi connectivity index (χ1v) is 9.78. The first-order chi connectivity index (χ1) is 14.3. The van der Waals surface area contributed by atoms with Crippen LogP contribution in [0.5, 0.6) is 0 Å². The van der Waals surface area contributed by atoms with Gasteiger partial charge in [0, 0.05) is 32.7 Å². The Morgan fingerprint density at radius 1 is 1.03 bits per heavy atom. The molecule has 1 fully saturated rings. The summed E-state index contributed by atoms with van der Waals surface area (Å²) in [5, 5.41) is 2.79. The van der Waals surface area contributed by atoms with Crippen molar-refractivity contribution in [2.45, 2.75) is 0 Å². The van der Waals surface area contributed by atoms with Crippen LogP contribution in [-0.2, 0) is 0 Å². The highest BCUT2D eigenvalue weighted by Crippen LogP contribution is 2.17. The Hall–Kier alpha value is -3.38. The van der Waals surface area contributed by atoms with Crippen molar-refractivity contribution >= 4 is 23.5 Å². The Labute approximate surface area is 170 Å². The highest BCUT2D eigenvalue weighted by Gasteiger charge is 2.17. The van der Waals surface area contributed by atoms with Crippen molar-refractivity contribution in [3.8, 4) is 0 Å². The summed E-state index contributed by atoms with van der Waals surface area (Å²) in [6, 6.07) is 17.5. The molecule has 29 heavy (non-hydrogen) atoms. The third-order valence-electron chi connectivity index (χ3n) is 4.92. The van der Waals surface area contributed by atoms with Crippen LogP contribution in [0.2, 0.25) is 0 Å². The van der Waals surface area contributed by atoms with E-state index in [-0.39, 0.29) is 11.7 Å². The minimum atomic E-state index is -0.276. The molecule has 0 atom stereocenters. The fraction of sp³-hybridized carbons (Fsp3) is 0.217. The van der Waals surface area contributed by atoms with Gasteiger partial charge in [0.2, 0.25) is 0 Å². The van der Waals surface area contributed by atoms with Gasteiger partial charge >= 0.3 is 0 Å². The molecule has 1 aromatic carbocycles. The molecular weight excluding hydrogens is 364 g/mol. The zero-order valence-electron chi connectivity index (χ0n) is 16.2. The highest BCUT2D eigenvalue weighted by atomic mass is 16.3. The summed E-state index contributed by atoms with van der Waals surface area (Å²) in [6.45, 7) is 4.82. The fourth-order valence-corrected chi connectivity index (χ4v) is 3.31. The van der Waals surface area contributed by atoms with Crippen molar-refractivity contribution < 1.29 is 9.21 Å². The van der Waals surface area contributed by atoms with E-state index in [9.17, 15) is 4.79 Å². The van der Waals surface area contributed by atoms with Crippen LogP contribution < -0.4 is 10.2 Å². The summed E-state index contributed by atoms with van der Waals surface area (Å²) < 4.78 is 5.10. The average Bonchev–Trinajstić information content (AvgIpc) is 3.31. The predicted molar refractivity (Wildman–Crippen MR) is 115 cm³/mol. The van der Waals surface area contributed by atoms with Gasteiger partial charge in [-0.1, -0.05) is 42.5 Å². The number of anilines is 2. The summed E-state index contributed by atoms with van der Waals surface area (Å²) in [6.07, 6.45) is 7.56. The molecular formula is C23H24N4O2. The van der Waals surface area contributed by atoms with E-state index in [4.69, 9.17) is 4.42 Å². The molecule has 1 aliphatic heterocycles. The normalized spacial score (nSPS) is 15.0. The van der Waals surface area contributed by atoms with Crippen molar-refractivity contribution in [3.63, 3.8) is 0 Å². The zero-order chi connectivity index (χ0) is 19.9. The van der Waals surface area contributed by atoms with Gasteiger partial charge in [-0.2, -0.15) is 0 Å². The molecule has 0 unspecified atom stereocenters. The maximum Gasteiger partial charge on any atom is 0.291 e. The first kappa shape index (κ1) is 19.0. The second-order valence-corrected chi connectivity index (χ2v) is 6.94. The van der Waals surface area contributed by atoms with E-state index in [2.05, 4.69) is 56.5 Å². The summed E-state index contributed by atoms with van der Waals surface area (Å²) in [5.74, 6) is 0.939. The number of hydrogen-bond acceptors (Lipinski definition) is 5. The van der Waals surface area contributed by atoms with Gasteiger partial charge in [0.15, 0.2) is 5.76 Å². The number of piperazine rings is 1. The summed E-state index contributed by atoms with van der Waals surface area (Å²) in [5.41, 5.74) is 1.88. The maximum atomic E-state index is 12.0. The number of carbonyl (C=O) groups excluding carboxylic acids is 1. The number of amides is 1. The van der Waals surface area contributed by atoms with Gasteiger partial charge < -0.3 is 14.6 Å². The van der Waals surface area contributed by atoms with E-state index in [1.54, 1.807) is 18.3 Å². The smallest absolute Gasteiger partial charge is 0.291 e. The van der Waals surface area contributed by atoms with Crippen LogP contribution in [0.15, 0.2) is 77.6 Å². The largest absolute Gasteiger partial charge is 0.459 e. The molecule has 0 spiro atoms.